The highest BCUT2D eigenvalue weighted by Crippen LogP contribution is 2.28. The number of aliphatic imine (C=N–C) groups is 1. The van der Waals surface area contributed by atoms with Crippen molar-refractivity contribution >= 4 is 49.4 Å². The van der Waals surface area contributed by atoms with Crippen LogP contribution in [0.2, 0.25) is 0 Å². The first-order valence-corrected chi connectivity index (χ1v) is 6.79. The second kappa shape index (κ2) is 6.40. The van der Waals surface area contributed by atoms with Gasteiger partial charge in [0.1, 0.15) is 4.60 Å². The van der Waals surface area contributed by atoms with Crippen LogP contribution in [0.3, 0.4) is 0 Å². The molecule has 0 fully saturated rings. The highest BCUT2D eigenvalue weighted by molar-refractivity contribution is 9.11. The average Bonchev–Trinajstić information content (AvgIpc) is 2.52. The van der Waals surface area contributed by atoms with Crippen LogP contribution in [-0.2, 0) is 6.42 Å². The summed E-state index contributed by atoms with van der Waals surface area (Å²) in [5.41, 5.74) is 6.52. The van der Waals surface area contributed by atoms with E-state index in [0.717, 1.165) is 31.9 Å². The SMILES string of the molecule is CCN=CC(=CN)Cc1sc(Br)nc1Br. The highest BCUT2D eigenvalue weighted by atomic mass is 79.9. The number of allylic oxidation sites excluding steroid dienone is 1. The molecule has 0 saturated carbocycles. The molecule has 1 aromatic rings. The fourth-order valence-electron chi connectivity index (χ4n) is 0.957. The van der Waals surface area contributed by atoms with Crippen molar-refractivity contribution in [1.82, 2.24) is 4.98 Å². The van der Waals surface area contributed by atoms with E-state index < -0.39 is 0 Å². The quantitative estimate of drug-likeness (QED) is 0.846. The van der Waals surface area contributed by atoms with Crippen LogP contribution < -0.4 is 5.73 Å². The lowest BCUT2D eigenvalue weighted by molar-refractivity contribution is 1.13. The zero-order valence-electron chi connectivity index (χ0n) is 8.20. The molecule has 0 aliphatic carbocycles. The Hall–Kier alpha value is -0.200. The van der Waals surface area contributed by atoms with Crippen LogP contribution in [0, 0.1) is 0 Å². The number of rotatable bonds is 4. The first-order chi connectivity index (χ1) is 7.17. The molecule has 0 amide bonds. The van der Waals surface area contributed by atoms with E-state index >= 15 is 0 Å². The van der Waals surface area contributed by atoms with Crippen LogP contribution in [0.15, 0.2) is 25.3 Å². The van der Waals surface area contributed by atoms with Gasteiger partial charge in [-0.25, -0.2) is 4.98 Å². The molecule has 0 saturated heterocycles. The predicted octanol–water partition coefficient (Wildman–Crippen LogP) is 3.14. The van der Waals surface area contributed by atoms with Gasteiger partial charge in [-0.2, -0.15) is 0 Å². The number of nitrogens with zero attached hydrogens (tertiary/aromatic N) is 2. The maximum Gasteiger partial charge on any atom is 0.160 e. The third-order valence-corrected chi connectivity index (χ3v) is 4.07. The van der Waals surface area contributed by atoms with Crippen LogP contribution in [0.4, 0.5) is 0 Å². The summed E-state index contributed by atoms with van der Waals surface area (Å²) in [6, 6.07) is 0. The summed E-state index contributed by atoms with van der Waals surface area (Å²) in [5, 5.41) is 0. The number of halogens is 2. The van der Waals surface area contributed by atoms with E-state index in [0.29, 0.717) is 0 Å². The molecule has 0 spiro atoms. The second-order valence-electron chi connectivity index (χ2n) is 2.73. The third-order valence-electron chi connectivity index (χ3n) is 1.64. The molecule has 0 bridgehead atoms. The topological polar surface area (TPSA) is 51.3 Å². The van der Waals surface area contributed by atoms with E-state index in [1.165, 1.54) is 0 Å². The minimum Gasteiger partial charge on any atom is -0.404 e. The third kappa shape index (κ3) is 4.04. The summed E-state index contributed by atoms with van der Waals surface area (Å²) >= 11 is 8.33. The Morgan fingerprint density at radius 3 is 2.80 bits per heavy atom. The Morgan fingerprint density at radius 2 is 2.33 bits per heavy atom. The lowest BCUT2D eigenvalue weighted by Crippen LogP contribution is -1.95. The molecule has 0 aliphatic rings. The molecule has 3 nitrogen and oxygen atoms in total. The van der Waals surface area contributed by atoms with E-state index in [-0.39, 0.29) is 0 Å². The highest BCUT2D eigenvalue weighted by Gasteiger charge is 2.08. The van der Waals surface area contributed by atoms with Gasteiger partial charge in [-0.05, 0) is 50.6 Å². The lowest BCUT2D eigenvalue weighted by Gasteiger charge is -1.97. The minimum absolute atomic E-state index is 0.754. The Labute approximate surface area is 110 Å². The van der Waals surface area contributed by atoms with E-state index in [4.69, 9.17) is 5.73 Å². The molecule has 2 N–H and O–H groups in total. The number of hydrogen-bond donors (Lipinski definition) is 1. The predicted molar refractivity (Wildman–Crippen MR) is 72.5 cm³/mol. The van der Waals surface area contributed by atoms with Crippen molar-refractivity contribution in [3.8, 4) is 0 Å². The van der Waals surface area contributed by atoms with Crippen LogP contribution in [0.25, 0.3) is 0 Å². The average molecular weight is 353 g/mol. The maximum absolute atomic E-state index is 5.52. The molecule has 1 rings (SSSR count). The Balaban J connectivity index is 2.76. The maximum atomic E-state index is 5.52. The van der Waals surface area contributed by atoms with Gasteiger partial charge in [-0.15, -0.1) is 11.3 Å². The molecule has 1 heterocycles. The van der Waals surface area contributed by atoms with Crippen molar-refractivity contribution in [2.45, 2.75) is 13.3 Å². The summed E-state index contributed by atoms with van der Waals surface area (Å²) < 4.78 is 1.73. The second-order valence-corrected chi connectivity index (χ2v) is 5.84. The van der Waals surface area contributed by atoms with E-state index in [9.17, 15) is 0 Å². The first-order valence-electron chi connectivity index (χ1n) is 4.38. The minimum atomic E-state index is 0.754. The Kier molecular flexibility index (Phi) is 5.49. The zero-order chi connectivity index (χ0) is 11.3. The number of aromatic nitrogens is 1. The largest absolute Gasteiger partial charge is 0.404 e. The van der Waals surface area contributed by atoms with Gasteiger partial charge in [0.2, 0.25) is 0 Å². The molecule has 0 atom stereocenters. The number of thiazole rings is 1. The molecule has 0 aromatic carbocycles. The number of hydrogen-bond acceptors (Lipinski definition) is 4. The van der Waals surface area contributed by atoms with Crippen molar-refractivity contribution in [3.63, 3.8) is 0 Å². The lowest BCUT2D eigenvalue weighted by atomic mass is 10.2. The first kappa shape index (κ1) is 12.9. The molecule has 1 aromatic heterocycles. The molecule has 82 valence electrons. The van der Waals surface area contributed by atoms with Gasteiger partial charge in [0.25, 0.3) is 0 Å². The van der Waals surface area contributed by atoms with Gasteiger partial charge in [0.05, 0.1) is 0 Å². The standard InChI is InChI=1S/C9H11Br2N3S/c1-2-13-5-6(4-12)3-7-8(10)14-9(11)15-7/h4-5H,2-3,12H2,1H3. The van der Waals surface area contributed by atoms with E-state index in [1.54, 1.807) is 23.8 Å². The monoisotopic (exact) mass is 351 g/mol. The van der Waals surface area contributed by atoms with Crippen LogP contribution in [0.5, 0.6) is 0 Å². The van der Waals surface area contributed by atoms with E-state index in [2.05, 4.69) is 41.8 Å². The Bertz CT molecular complexity index is 385. The summed E-state index contributed by atoms with van der Waals surface area (Å²) in [7, 11) is 0. The smallest absolute Gasteiger partial charge is 0.160 e. The summed E-state index contributed by atoms with van der Waals surface area (Å²) in [4.78, 5) is 9.52. The molecule has 0 radical (unpaired) electrons. The van der Waals surface area contributed by atoms with Gasteiger partial charge < -0.3 is 5.73 Å². The fraction of sp³-hybridized carbons (Fsp3) is 0.333. The summed E-state index contributed by atoms with van der Waals surface area (Å²) in [6.45, 7) is 2.76. The van der Waals surface area contributed by atoms with Crippen LogP contribution in [-0.4, -0.2) is 17.7 Å². The fourth-order valence-corrected chi connectivity index (χ4v) is 3.34. The van der Waals surface area contributed by atoms with E-state index in [1.807, 2.05) is 6.92 Å². The van der Waals surface area contributed by atoms with Crippen molar-refractivity contribution in [2.24, 2.45) is 10.7 Å². The molecular formula is C9H11Br2N3S. The Morgan fingerprint density at radius 1 is 1.60 bits per heavy atom. The van der Waals surface area contributed by atoms with Gasteiger partial charge in [-0.3, -0.25) is 4.99 Å². The normalized spacial score (nSPS) is 12.6. The zero-order valence-corrected chi connectivity index (χ0v) is 12.2. The van der Waals surface area contributed by atoms with Crippen LogP contribution in [0.1, 0.15) is 11.8 Å². The van der Waals surface area contributed by atoms with Crippen molar-refractivity contribution in [2.75, 3.05) is 6.54 Å². The number of nitrogens with two attached hydrogens (primary N) is 1. The molecule has 0 aliphatic heterocycles. The van der Waals surface area contributed by atoms with Gasteiger partial charge >= 0.3 is 0 Å². The van der Waals surface area contributed by atoms with Gasteiger partial charge in [-0.1, -0.05) is 0 Å². The van der Waals surface area contributed by atoms with Crippen molar-refractivity contribution in [1.29, 1.82) is 0 Å². The molecule has 0 unspecified atom stereocenters. The summed E-state index contributed by atoms with van der Waals surface area (Å²) in [6.07, 6.45) is 4.14. The van der Waals surface area contributed by atoms with Crippen molar-refractivity contribution in [3.05, 3.63) is 25.2 Å². The van der Waals surface area contributed by atoms with Gasteiger partial charge in [0, 0.05) is 24.1 Å². The van der Waals surface area contributed by atoms with Crippen LogP contribution >= 0.6 is 43.2 Å². The molecule has 6 heteroatoms. The van der Waals surface area contributed by atoms with Gasteiger partial charge in [0.15, 0.2) is 3.92 Å². The molecule has 15 heavy (non-hydrogen) atoms. The summed E-state index contributed by atoms with van der Waals surface area (Å²) in [5.74, 6) is 0. The van der Waals surface area contributed by atoms with Crippen molar-refractivity contribution < 1.29 is 0 Å². The molecular weight excluding hydrogens is 342 g/mol.